The zero-order valence-corrected chi connectivity index (χ0v) is 10.6. The Morgan fingerprint density at radius 1 is 0.750 bits per heavy atom. The summed E-state index contributed by atoms with van der Waals surface area (Å²) >= 11 is 11.8. The second-order valence-electron chi connectivity index (χ2n) is 3.76. The molecule has 0 amide bonds. The molecule has 0 aromatic heterocycles. The van der Waals surface area contributed by atoms with Crippen LogP contribution in [0, 0.1) is 0 Å². The third-order valence-corrected chi connectivity index (χ3v) is 3.63. The van der Waals surface area contributed by atoms with E-state index in [4.69, 9.17) is 33.4 Å². The first-order valence-electron chi connectivity index (χ1n) is 5.40. The molecule has 4 nitrogen and oxygen atoms in total. The van der Waals surface area contributed by atoms with Crippen LogP contribution >= 0.6 is 23.2 Å². The molecular weight excluding hydrogens is 255 g/mol. The molecule has 0 heterocycles. The molecule has 16 heavy (non-hydrogen) atoms. The van der Waals surface area contributed by atoms with Gasteiger partial charge in [0.25, 0.3) is 0 Å². The van der Waals surface area contributed by atoms with E-state index < -0.39 is 23.0 Å². The van der Waals surface area contributed by atoms with Crippen molar-refractivity contribution in [2.45, 2.75) is 48.6 Å². The maximum atomic E-state index is 9.66. The Kier molecular flexibility index (Phi) is 9.70. The van der Waals surface area contributed by atoms with Gasteiger partial charge in [-0.2, -0.15) is 0 Å². The fraction of sp³-hybridized carbons (Fsp3) is 1.00. The van der Waals surface area contributed by atoms with Gasteiger partial charge >= 0.3 is 0 Å². The third-order valence-electron chi connectivity index (χ3n) is 2.37. The minimum atomic E-state index is -0.929. The first-order chi connectivity index (χ1) is 7.54. The van der Waals surface area contributed by atoms with Crippen molar-refractivity contribution < 1.29 is 20.4 Å². The lowest BCUT2D eigenvalue weighted by molar-refractivity contribution is 0.0956. The van der Waals surface area contributed by atoms with Crippen LogP contribution in [0.15, 0.2) is 0 Å². The average molecular weight is 275 g/mol. The molecule has 0 saturated heterocycles. The molecule has 0 saturated carbocycles. The smallest absolute Gasteiger partial charge is 0.0784 e. The Bertz CT molecular complexity index is 171. The number of hydrogen-bond donors (Lipinski definition) is 4. The van der Waals surface area contributed by atoms with Gasteiger partial charge < -0.3 is 20.4 Å². The van der Waals surface area contributed by atoms with E-state index in [0.717, 1.165) is 0 Å². The number of rotatable bonds is 9. The van der Waals surface area contributed by atoms with Crippen molar-refractivity contribution in [3.05, 3.63) is 0 Å². The van der Waals surface area contributed by atoms with Gasteiger partial charge in [-0.05, 0) is 25.7 Å². The molecule has 4 unspecified atom stereocenters. The molecular formula is C10H20Cl2O4. The third kappa shape index (κ3) is 6.23. The van der Waals surface area contributed by atoms with Crippen molar-refractivity contribution >= 4 is 23.2 Å². The van der Waals surface area contributed by atoms with Gasteiger partial charge in [-0.15, -0.1) is 23.2 Å². The zero-order valence-electron chi connectivity index (χ0n) is 9.10. The van der Waals surface area contributed by atoms with Crippen LogP contribution in [-0.4, -0.2) is 56.6 Å². The number of hydrogen-bond acceptors (Lipinski definition) is 4. The topological polar surface area (TPSA) is 80.9 Å². The van der Waals surface area contributed by atoms with Gasteiger partial charge in [-0.1, -0.05) is 0 Å². The Hall–Kier alpha value is 0.420. The fourth-order valence-corrected chi connectivity index (χ4v) is 1.93. The number of halogens is 2. The molecule has 0 aromatic rings. The number of unbranched alkanes of at least 4 members (excludes halogenated alkanes) is 1. The average Bonchev–Trinajstić information content (AvgIpc) is 2.27. The predicted molar refractivity (Wildman–Crippen MR) is 63.9 cm³/mol. The molecule has 0 radical (unpaired) electrons. The Balaban J connectivity index is 3.94. The standard InChI is InChI=1S/C10H20Cl2O4/c11-9(7(15)3-1-2-5-13)10(12)8(16)4-6-14/h7-10,13-16H,1-6H2. The van der Waals surface area contributed by atoms with Gasteiger partial charge in [0, 0.05) is 13.2 Å². The Labute approximate surface area is 106 Å². The largest absolute Gasteiger partial charge is 0.396 e. The van der Waals surface area contributed by atoms with E-state index in [-0.39, 0.29) is 19.6 Å². The van der Waals surface area contributed by atoms with Crippen molar-refractivity contribution in [1.29, 1.82) is 0 Å². The van der Waals surface area contributed by atoms with Crippen LogP contribution in [0.2, 0.25) is 0 Å². The summed E-state index contributed by atoms with van der Waals surface area (Å²) in [6.07, 6.45) is 0.0866. The molecule has 6 heteroatoms. The monoisotopic (exact) mass is 274 g/mol. The summed E-state index contributed by atoms with van der Waals surface area (Å²) in [6, 6.07) is 0. The van der Waals surface area contributed by atoms with E-state index in [0.29, 0.717) is 19.3 Å². The van der Waals surface area contributed by atoms with Crippen LogP contribution in [0.1, 0.15) is 25.7 Å². The molecule has 0 aliphatic heterocycles. The van der Waals surface area contributed by atoms with Gasteiger partial charge in [0.05, 0.1) is 23.0 Å². The minimum absolute atomic E-state index is 0.0805. The van der Waals surface area contributed by atoms with Crippen molar-refractivity contribution in [2.24, 2.45) is 0 Å². The highest BCUT2D eigenvalue weighted by molar-refractivity contribution is 6.30. The van der Waals surface area contributed by atoms with E-state index in [1.807, 2.05) is 0 Å². The van der Waals surface area contributed by atoms with Crippen LogP contribution in [-0.2, 0) is 0 Å². The summed E-state index contributed by atoms with van der Waals surface area (Å²) < 4.78 is 0. The van der Waals surface area contributed by atoms with Crippen molar-refractivity contribution in [3.63, 3.8) is 0 Å². The minimum Gasteiger partial charge on any atom is -0.396 e. The van der Waals surface area contributed by atoms with Gasteiger partial charge in [0.1, 0.15) is 0 Å². The predicted octanol–water partition coefficient (Wildman–Crippen LogP) is 0.468. The fourth-order valence-electron chi connectivity index (χ4n) is 1.34. The molecule has 4 atom stereocenters. The van der Waals surface area contributed by atoms with Crippen LogP contribution in [0.4, 0.5) is 0 Å². The van der Waals surface area contributed by atoms with Crippen LogP contribution in [0.5, 0.6) is 0 Å². The first-order valence-corrected chi connectivity index (χ1v) is 6.27. The quantitative estimate of drug-likeness (QED) is 0.364. The molecule has 0 aliphatic carbocycles. The van der Waals surface area contributed by atoms with E-state index >= 15 is 0 Å². The van der Waals surface area contributed by atoms with Crippen molar-refractivity contribution in [1.82, 2.24) is 0 Å². The van der Waals surface area contributed by atoms with E-state index in [1.54, 1.807) is 0 Å². The van der Waals surface area contributed by atoms with Crippen LogP contribution in [0.25, 0.3) is 0 Å². The molecule has 0 fully saturated rings. The summed E-state index contributed by atoms with van der Waals surface area (Å²) in [4.78, 5) is 0. The second kappa shape index (κ2) is 9.45. The Morgan fingerprint density at radius 3 is 1.69 bits per heavy atom. The zero-order chi connectivity index (χ0) is 12.6. The molecule has 98 valence electrons. The molecule has 0 rings (SSSR count). The molecule has 0 bridgehead atoms. The SMILES string of the molecule is OCCCCC(O)C(Cl)C(Cl)C(O)CCO. The molecule has 0 spiro atoms. The first kappa shape index (κ1) is 16.4. The maximum absolute atomic E-state index is 9.66. The highest BCUT2D eigenvalue weighted by atomic mass is 35.5. The normalized spacial score (nSPS) is 19.1. The van der Waals surface area contributed by atoms with E-state index in [2.05, 4.69) is 0 Å². The summed E-state index contributed by atoms with van der Waals surface area (Å²) in [6.45, 7) is -0.0916. The Morgan fingerprint density at radius 2 is 1.25 bits per heavy atom. The summed E-state index contributed by atoms with van der Waals surface area (Å²) in [5, 5.41) is 34.8. The highest BCUT2D eigenvalue weighted by Gasteiger charge is 2.29. The van der Waals surface area contributed by atoms with Crippen LogP contribution < -0.4 is 0 Å². The second-order valence-corrected chi connectivity index (χ2v) is 4.76. The highest BCUT2D eigenvalue weighted by Crippen LogP contribution is 2.22. The van der Waals surface area contributed by atoms with E-state index in [1.165, 1.54) is 0 Å². The van der Waals surface area contributed by atoms with E-state index in [9.17, 15) is 10.2 Å². The number of aliphatic hydroxyl groups is 4. The van der Waals surface area contributed by atoms with Gasteiger partial charge in [-0.3, -0.25) is 0 Å². The lowest BCUT2D eigenvalue weighted by atomic mass is 10.0. The lowest BCUT2D eigenvalue weighted by Gasteiger charge is -2.25. The van der Waals surface area contributed by atoms with Crippen molar-refractivity contribution in [3.8, 4) is 0 Å². The van der Waals surface area contributed by atoms with Gasteiger partial charge in [-0.25, -0.2) is 0 Å². The summed E-state index contributed by atoms with van der Waals surface area (Å²) in [5.74, 6) is 0. The lowest BCUT2D eigenvalue weighted by Crippen LogP contribution is -2.37. The molecule has 0 aromatic carbocycles. The summed E-state index contributed by atoms with van der Waals surface area (Å²) in [5.41, 5.74) is 0. The van der Waals surface area contributed by atoms with Crippen LogP contribution in [0.3, 0.4) is 0 Å². The molecule has 0 aliphatic rings. The maximum Gasteiger partial charge on any atom is 0.0784 e. The molecule has 4 N–H and O–H groups in total. The summed E-state index contributed by atoms with van der Waals surface area (Å²) in [7, 11) is 0. The van der Waals surface area contributed by atoms with Crippen molar-refractivity contribution in [2.75, 3.05) is 13.2 Å². The van der Waals surface area contributed by atoms with Gasteiger partial charge in [0.2, 0.25) is 0 Å². The van der Waals surface area contributed by atoms with Gasteiger partial charge in [0.15, 0.2) is 0 Å². The number of alkyl halides is 2. The number of aliphatic hydroxyl groups excluding tert-OH is 4.